The number of nitro benzene ring substituents is 1. The minimum absolute atomic E-state index is 0.0265. The minimum atomic E-state index is -1.31. The third kappa shape index (κ3) is 3.46. The molecule has 0 saturated carbocycles. The van der Waals surface area contributed by atoms with Crippen LogP contribution in [0.1, 0.15) is 15.9 Å². The second-order valence-corrected chi connectivity index (χ2v) is 5.15. The summed E-state index contributed by atoms with van der Waals surface area (Å²) in [6, 6.07) is 0.957. The molecule has 0 spiro atoms. The normalized spacial score (nSPS) is 18.0. The van der Waals surface area contributed by atoms with Gasteiger partial charge in [-0.3, -0.25) is 10.1 Å². The van der Waals surface area contributed by atoms with Crippen molar-refractivity contribution < 1.29 is 24.3 Å². The quantitative estimate of drug-likeness (QED) is 0.628. The first kappa shape index (κ1) is 16.5. The van der Waals surface area contributed by atoms with E-state index in [1.807, 2.05) is 0 Å². The molecule has 1 unspecified atom stereocenters. The zero-order valence-electron chi connectivity index (χ0n) is 11.8. The molecule has 1 atom stereocenters. The van der Waals surface area contributed by atoms with Crippen LogP contribution >= 0.6 is 11.6 Å². The van der Waals surface area contributed by atoms with Crippen molar-refractivity contribution in [2.24, 2.45) is 0 Å². The predicted molar refractivity (Wildman–Crippen MR) is 78.9 cm³/mol. The topological polar surface area (TPSA) is 111 Å². The molecular formula is C13H15ClN2O6. The summed E-state index contributed by atoms with van der Waals surface area (Å²) < 4.78 is 10.7. The molecule has 0 radical (unpaired) electrons. The number of nitrogens with one attached hydrogen (secondary N) is 1. The summed E-state index contributed by atoms with van der Waals surface area (Å²) in [4.78, 5) is 21.6. The van der Waals surface area contributed by atoms with E-state index in [-0.39, 0.29) is 28.1 Å². The van der Waals surface area contributed by atoms with Crippen LogP contribution in [0.4, 0.5) is 11.4 Å². The first-order chi connectivity index (χ1) is 10.4. The summed E-state index contributed by atoms with van der Waals surface area (Å²) in [6.07, 6.45) is -0.231. The number of hydrogen-bond acceptors (Lipinski definition) is 6. The van der Waals surface area contributed by atoms with Crippen LogP contribution in [0.5, 0.6) is 0 Å². The predicted octanol–water partition coefficient (Wildman–Crippen LogP) is 2.08. The standard InChI is InChI=1S/C13H15ClN2O6/c1-7-11(14)9(13(17)18)4-10(16(19)20)12(7)15-5-8-6-21-2-3-22-8/h4,8,15H,2-3,5-6H2,1H3,(H,17,18). The number of nitro groups is 1. The van der Waals surface area contributed by atoms with Gasteiger partial charge in [-0.1, -0.05) is 11.6 Å². The Morgan fingerprint density at radius 1 is 1.59 bits per heavy atom. The van der Waals surface area contributed by atoms with Crippen LogP contribution in [-0.4, -0.2) is 48.5 Å². The molecule has 9 heteroatoms. The van der Waals surface area contributed by atoms with Gasteiger partial charge >= 0.3 is 5.97 Å². The molecule has 1 heterocycles. The number of benzene rings is 1. The van der Waals surface area contributed by atoms with Crippen LogP contribution < -0.4 is 5.32 Å². The average molecular weight is 331 g/mol. The Morgan fingerprint density at radius 3 is 2.86 bits per heavy atom. The van der Waals surface area contributed by atoms with Crippen LogP contribution in [0, 0.1) is 17.0 Å². The highest BCUT2D eigenvalue weighted by Gasteiger charge is 2.25. The molecule has 8 nitrogen and oxygen atoms in total. The Labute approximate surface area is 131 Å². The van der Waals surface area contributed by atoms with Crippen molar-refractivity contribution in [2.45, 2.75) is 13.0 Å². The number of halogens is 1. The van der Waals surface area contributed by atoms with Crippen LogP contribution in [0.25, 0.3) is 0 Å². The fourth-order valence-electron chi connectivity index (χ4n) is 2.17. The highest BCUT2D eigenvalue weighted by Crippen LogP contribution is 2.36. The Morgan fingerprint density at radius 2 is 2.32 bits per heavy atom. The first-order valence-corrected chi connectivity index (χ1v) is 6.93. The van der Waals surface area contributed by atoms with Crippen molar-refractivity contribution in [3.05, 3.63) is 32.3 Å². The van der Waals surface area contributed by atoms with Gasteiger partial charge in [0.1, 0.15) is 5.69 Å². The summed E-state index contributed by atoms with van der Waals surface area (Å²) in [5.41, 5.74) is -0.135. The van der Waals surface area contributed by atoms with Gasteiger partial charge in [0.05, 0.1) is 41.4 Å². The van der Waals surface area contributed by atoms with Crippen LogP contribution in [0.3, 0.4) is 0 Å². The molecule has 2 N–H and O–H groups in total. The van der Waals surface area contributed by atoms with Gasteiger partial charge in [0.2, 0.25) is 0 Å². The summed E-state index contributed by atoms with van der Waals surface area (Å²) in [6.45, 7) is 3.20. The molecule has 1 aliphatic rings. The molecule has 0 aromatic heterocycles. The fourth-order valence-corrected chi connectivity index (χ4v) is 2.40. The molecule has 0 amide bonds. The molecular weight excluding hydrogens is 316 g/mol. The zero-order valence-corrected chi connectivity index (χ0v) is 12.6. The van der Waals surface area contributed by atoms with E-state index in [4.69, 9.17) is 26.2 Å². The Balaban J connectivity index is 2.30. The molecule has 1 aromatic rings. The van der Waals surface area contributed by atoms with Crippen LogP contribution in [0.15, 0.2) is 6.07 Å². The molecule has 120 valence electrons. The van der Waals surface area contributed by atoms with E-state index < -0.39 is 10.9 Å². The van der Waals surface area contributed by atoms with Crippen molar-refractivity contribution in [1.82, 2.24) is 0 Å². The van der Waals surface area contributed by atoms with Crippen molar-refractivity contribution in [3.63, 3.8) is 0 Å². The van der Waals surface area contributed by atoms with E-state index in [0.29, 0.717) is 31.9 Å². The highest BCUT2D eigenvalue weighted by atomic mass is 35.5. The van der Waals surface area contributed by atoms with Gasteiger partial charge in [-0.2, -0.15) is 0 Å². The molecule has 1 fully saturated rings. The second-order valence-electron chi connectivity index (χ2n) is 4.77. The number of ether oxygens (including phenoxy) is 2. The van der Waals surface area contributed by atoms with E-state index in [1.54, 1.807) is 0 Å². The van der Waals surface area contributed by atoms with Crippen molar-refractivity contribution >= 4 is 28.9 Å². The number of carbonyl (C=O) groups is 1. The maximum atomic E-state index is 11.2. The SMILES string of the molecule is Cc1c(Cl)c(C(=O)O)cc([N+](=O)[O-])c1NCC1COCCO1. The molecule has 0 aliphatic carbocycles. The van der Waals surface area contributed by atoms with Crippen molar-refractivity contribution in [3.8, 4) is 0 Å². The van der Waals surface area contributed by atoms with Gasteiger partial charge in [-0.15, -0.1) is 0 Å². The maximum Gasteiger partial charge on any atom is 0.337 e. The lowest BCUT2D eigenvalue weighted by molar-refractivity contribution is -0.384. The minimum Gasteiger partial charge on any atom is -0.478 e. The van der Waals surface area contributed by atoms with Crippen LogP contribution in [-0.2, 0) is 9.47 Å². The largest absolute Gasteiger partial charge is 0.478 e. The van der Waals surface area contributed by atoms with Crippen molar-refractivity contribution in [2.75, 3.05) is 31.7 Å². The number of hydrogen-bond donors (Lipinski definition) is 2. The van der Waals surface area contributed by atoms with Gasteiger partial charge in [-0.05, 0) is 12.5 Å². The lowest BCUT2D eigenvalue weighted by atomic mass is 10.1. The summed E-state index contributed by atoms with van der Waals surface area (Å²) in [7, 11) is 0. The van der Waals surface area contributed by atoms with E-state index in [9.17, 15) is 14.9 Å². The van der Waals surface area contributed by atoms with Gasteiger partial charge in [-0.25, -0.2) is 4.79 Å². The molecule has 1 aliphatic heterocycles. The second kappa shape index (κ2) is 6.91. The third-order valence-corrected chi connectivity index (χ3v) is 3.78. The molecule has 1 saturated heterocycles. The Kier molecular flexibility index (Phi) is 5.17. The van der Waals surface area contributed by atoms with Gasteiger partial charge in [0, 0.05) is 12.6 Å². The monoisotopic (exact) mass is 330 g/mol. The van der Waals surface area contributed by atoms with Crippen LogP contribution in [0.2, 0.25) is 5.02 Å². The Hall–Kier alpha value is -1.90. The van der Waals surface area contributed by atoms with Gasteiger partial charge < -0.3 is 19.9 Å². The number of carboxylic acids is 1. The number of carboxylic acid groups (broad SMARTS) is 1. The Bertz CT molecular complexity index is 601. The molecule has 22 heavy (non-hydrogen) atoms. The van der Waals surface area contributed by atoms with E-state index in [1.165, 1.54) is 6.92 Å². The fraction of sp³-hybridized carbons (Fsp3) is 0.462. The maximum absolute atomic E-state index is 11.2. The molecule has 1 aromatic carbocycles. The summed E-state index contributed by atoms with van der Waals surface area (Å²) in [5.74, 6) is -1.31. The number of aromatic carboxylic acids is 1. The lowest BCUT2D eigenvalue weighted by Gasteiger charge is -2.24. The van der Waals surface area contributed by atoms with Gasteiger partial charge in [0.15, 0.2) is 0 Å². The van der Waals surface area contributed by atoms with Gasteiger partial charge in [0.25, 0.3) is 5.69 Å². The molecule has 2 rings (SSSR count). The van der Waals surface area contributed by atoms with E-state index in [2.05, 4.69) is 5.32 Å². The van der Waals surface area contributed by atoms with E-state index in [0.717, 1.165) is 6.07 Å². The number of rotatable bonds is 5. The lowest BCUT2D eigenvalue weighted by Crippen LogP contribution is -2.34. The summed E-state index contributed by atoms with van der Waals surface area (Å²) >= 11 is 5.99. The number of nitrogens with zero attached hydrogens (tertiary/aromatic N) is 1. The molecule has 0 bridgehead atoms. The smallest absolute Gasteiger partial charge is 0.337 e. The third-order valence-electron chi connectivity index (χ3n) is 3.30. The zero-order chi connectivity index (χ0) is 16.3. The van der Waals surface area contributed by atoms with E-state index >= 15 is 0 Å². The number of anilines is 1. The van der Waals surface area contributed by atoms with Crippen molar-refractivity contribution in [1.29, 1.82) is 0 Å². The summed E-state index contributed by atoms with van der Waals surface area (Å²) in [5, 5.41) is 23.1. The average Bonchev–Trinajstić information content (AvgIpc) is 2.49. The highest BCUT2D eigenvalue weighted by molar-refractivity contribution is 6.34. The first-order valence-electron chi connectivity index (χ1n) is 6.55.